The Balaban J connectivity index is 2.19. The number of imidazole rings is 1. The van der Waals surface area contributed by atoms with Crippen LogP contribution in [0.1, 0.15) is 31.6 Å². The van der Waals surface area contributed by atoms with Gasteiger partial charge in [-0.05, 0) is 25.8 Å². The van der Waals surface area contributed by atoms with Crippen LogP contribution in [0.15, 0.2) is 12.1 Å². The van der Waals surface area contributed by atoms with Crippen LogP contribution in [0, 0.1) is 17.5 Å². The number of halogens is 3. The van der Waals surface area contributed by atoms with Crippen molar-refractivity contribution in [3.05, 3.63) is 35.4 Å². The molecule has 0 radical (unpaired) electrons. The molecule has 1 aromatic carbocycles. The van der Waals surface area contributed by atoms with Crippen molar-refractivity contribution < 1.29 is 13.2 Å². The summed E-state index contributed by atoms with van der Waals surface area (Å²) in [5.41, 5.74) is 6.11. The molecule has 1 atom stereocenters. The van der Waals surface area contributed by atoms with Gasteiger partial charge < -0.3 is 10.3 Å². The molecule has 0 bridgehead atoms. The highest BCUT2D eigenvalue weighted by Crippen LogP contribution is 2.35. The third kappa shape index (κ3) is 1.87. The van der Waals surface area contributed by atoms with Gasteiger partial charge >= 0.3 is 0 Å². The molecule has 1 unspecified atom stereocenters. The molecular formula is C14H14F3N3. The second-order valence-electron chi connectivity index (χ2n) is 5.12. The van der Waals surface area contributed by atoms with Crippen LogP contribution in [0.25, 0.3) is 11.3 Å². The summed E-state index contributed by atoms with van der Waals surface area (Å²) in [6, 6.07) is 1.50. The zero-order valence-corrected chi connectivity index (χ0v) is 11.0. The molecule has 20 heavy (non-hydrogen) atoms. The summed E-state index contributed by atoms with van der Waals surface area (Å²) < 4.78 is 42.0. The minimum Gasteiger partial charge on any atom is -0.383 e. The predicted octanol–water partition coefficient (Wildman–Crippen LogP) is 3.45. The molecule has 0 saturated heterocycles. The lowest BCUT2D eigenvalue weighted by atomic mass is 10.1. The predicted molar refractivity (Wildman–Crippen MR) is 69.6 cm³/mol. The third-order valence-corrected chi connectivity index (χ3v) is 3.75. The van der Waals surface area contributed by atoms with Crippen LogP contribution in [0.5, 0.6) is 0 Å². The Labute approximate surface area is 114 Å². The van der Waals surface area contributed by atoms with Gasteiger partial charge in [0.1, 0.15) is 23.2 Å². The van der Waals surface area contributed by atoms with Crippen molar-refractivity contribution in [3.8, 4) is 11.3 Å². The zero-order valence-electron chi connectivity index (χ0n) is 11.0. The van der Waals surface area contributed by atoms with Crippen LogP contribution in [-0.2, 0) is 6.42 Å². The molecule has 1 aliphatic rings. The number of benzene rings is 1. The molecule has 0 saturated carbocycles. The monoisotopic (exact) mass is 281 g/mol. The molecule has 0 aliphatic carbocycles. The van der Waals surface area contributed by atoms with Crippen molar-refractivity contribution in [3.63, 3.8) is 0 Å². The summed E-state index contributed by atoms with van der Waals surface area (Å²) in [7, 11) is 0. The van der Waals surface area contributed by atoms with Crippen molar-refractivity contribution in [1.82, 2.24) is 9.55 Å². The Morgan fingerprint density at radius 2 is 1.90 bits per heavy atom. The number of fused-ring (bicyclic) bond motifs is 1. The van der Waals surface area contributed by atoms with Gasteiger partial charge in [0.15, 0.2) is 11.6 Å². The molecule has 106 valence electrons. The van der Waals surface area contributed by atoms with Gasteiger partial charge in [-0.3, -0.25) is 0 Å². The van der Waals surface area contributed by atoms with Gasteiger partial charge in [-0.15, -0.1) is 0 Å². The third-order valence-electron chi connectivity index (χ3n) is 3.75. The highest BCUT2D eigenvalue weighted by Gasteiger charge is 2.25. The average molecular weight is 281 g/mol. The first-order valence-electron chi connectivity index (χ1n) is 6.50. The van der Waals surface area contributed by atoms with Crippen molar-refractivity contribution >= 4 is 5.82 Å². The number of hydrogen-bond acceptors (Lipinski definition) is 2. The van der Waals surface area contributed by atoms with Crippen LogP contribution >= 0.6 is 0 Å². The molecule has 6 heteroatoms. The number of rotatable bonds is 1. The SMILES string of the molecule is CC1CCCc2nc(-c3cc(F)c(F)cc3F)c(N)n21. The van der Waals surface area contributed by atoms with Gasteiger partial charge in [0.2, 0.25) is 0 Å². The molecule has 0 amide bonds. The molecule has 3 nitrogen and oxygen atoms in total. The summed E-state index contributed by atoms with van der Waals surface area (Å²) in [5.74, 6) is -2.13. The summed E-state index contributed by atoms with van der Waals surface area (Å²) >= 11 is 0. The summed E-state index contributed by atoms with van der Waals surface area (Å²) in [4.78, 5) is 4.31. The fourth-order valence-electron chi connectivity index (χ4n) is 2.75. The van der Waals surface area contributed by atoms with E-state index >= 15 is 0 Å². The number of anilines is 1. The Kier molecular flexibility index (Phi) is 2.96. The van der Waals surface area contributed by atoms with Crippen LogP contribution in [0.3, 0.4) is 0 Å². The quantitative estimate of drug-likeness (QED) is 0.814. The van der Waals surface area contributed by atoms with Gasteiger partial charge in [-0.25, -0.2) is 18.2 Å². The molecule has 0 spiro atoms. The van der Waals surface area contributed by atoms with E-state index in [0.29, 0.717) is 11.9 Å². The normalized spacial score (nSPS) is 18.1. The largest absolute Gasteiger partial charge is 0.383 e. The highest BCUT2D eigenvalue weighted by atomic mass is 19.2. The van der Waals surface area contributed by atoms with Crippen molar-refractivity contribution in [1.29, 1.82) is 0 Å². The first-order chi connectivity index (χ1) is 9.49. The zero-order chi connectivity index (χ0) is 14.4. The number of hydrogen-bond donors (Lipinski definition) is 1. The van der Waals surface area contributed by atoms with Crippen LogP contribution in [0.2, 0.25) is 0 Å². The summed E-state index contributed by atoms with van der Waals surface area (Å²) in [6.45, 7) is 2.01. The standard InChI is InChI=1S/C14H14F3N3/c1-7-3-2-4-12-19-13(14(18)20(7)12)8-5-10(16)11(17)6-9(8)15/h5-7H,2-4,18H2,1H3. The lowest BCUT2D eigenvalue weighted by molar-refractivity contribution is 0.430. The number of nitrogens with zero attached hydrogens (tertiary/aromatic N) is 2. The Morgan fingerprint density at radius 1 is 1.20 bits per heavy atom. The van der Waals surface area contributed by atoms with E-state index in [0.717, 1.165) is 31.2 Å². The van der Waals surface area contributed by atoms with Gasteiger partial charge in [-0.1, -0.05) is 0 Å². The number of aromatic nitrogens is 2. The van der Waals surface area contributed by atoms with Crippen LogP contribution < -0.4 is 5.73 Å². The second-order valence-corrected chi connectivity index (χ2v) is 5.12. The number of nitrogen functional groups attached to an aromatic ring is 1. The molecule has 1 aromatic heterocycles. The van der Waals surface area contributed by atoms with Gasteiger partial charge in [-0.2, -0.15) is 0 Å². The van der Waals surface area contributed by atoms with Gasteiger partial charge in [0, 0.05) is 24.1 Å². The fourth-order valence-corrected chi connectivity index (χ4v) is 2.75. The minimum absolute atomic E-state index is 0.101. The lowest BCUT2D eigenvalue weighted by Gasteiger charge is -2.22. The van der Waals surface area contributed by atoms with E-state index in [9.17, 15) is 13.2 Å². The van der Waals surface area contributed by atoms with Crippen molar-refractivity contribution in [2.75, 3.05) is 5.73 Å². The first-order valence-corrected chi connectivity index (χ1v) is 6.50. The molecule has 2 N–H and O–H groups in total. The van der Waals surface area contributed by atoms with Crippen molar-refractivity contribution in [2.45, 2.75) is 32.2 Å². The van der Waals surface area contributed by atoms with Crippen LogP contribution in [0.4, 0.5) is 19.0 Å². The van der Waals surface area contributed by atoms with E-state index in [1.807, 2.05) is 11.5 Å². The van der Waals surface area contributed by atoms with E-state index in [4.69, 9.17) is 5.73 Å². The Morgan fingerprint density at radius 3 is 2.60 bits per heavy atom. The highest BCUT2D eigenvalue weighted by molar-refractivity contribution is 5.72. The molecule has 0 fully saturated rings. The van der Waals surface area contributed by atoms with Crippen molar-refractivity contribution in [2.24, 2.45) is 0 Å². The Hall–Kier alpha value is -1.98. The molecule has 2 heterocycles. The van der Waals surface area contributed by atoms with E-state index in [-0.39, 0.29) is 17.3 Å². The maximum atomic E-state index is 13.8. The van der Waals surface area contributed by atoms with E-state index < -0.39 is 17.5 Å². The smallest absolute Gasteiger partial charge is 0.161 e. The van der Waals surface area contributed by atoms with Crippen LogP contribution in [-0.4, -0.2) is 9.55 Å². The van der Waals surface area contributed by atoms with E-state index in [2.05, 4.69) is 4.98 Å². The maximum absolute atomic E-state index is 13.8. The van der Waals surface area contributed by atoms with E-state index in [1.165, 1.54) is 0 Å². The summed E-state index contributed by atoms with van der Waals surface area (Å²) in [6.07, 6.45) is 2.70. The molecule has 1 aliphatic heterocycles. The molecule has 2 aromatic rings. The van der Waals surface area contributed by atoms with Gasteiger partial charge in [0.05, 0.1) is 0 Å². The molecule has 3 rings (SSSR count). The van der Waals surface area contributed by atoms with E-state index in [1.54, 1.807) is 0 Å². The first kappa shape index (κ1) is 13.0. The maximum Gasteiger partial charge on any atom is 0.161 e. The second kappa shape index (κ2) is 4.54. The topological polar surface area (TPSA) is 43.8 Å². The van der Waals surface area contributed by atoms with Gasteiger partial charge in [0.25, 0.3) is 0 Å². The fraction of sp³-hybridized carbons (Fsp3) is 0.357. The minimum atomic E-state index is -1.22. The average Bonchev–Trinajstić information content (AvgIpc) is 2.73. The number of nitrogens with two attached hydrogens (primary N) is 1. The lowest BCUT2D eigenvalue weighted by Crippen LogP contribution is -2.16. The molecular weight excluding hydrogens is 267 g/mol. The number of aryl methyl sites for hydroxylation is 1. The Bertz CT molecular complexity index is 679. The summed E-state index contributed by atoms with van der Waals surface area (Å²) in [5, 5.41) is 0.